The number of nitrogens with zero attached hydrogens (tertiary/aromatic N) is 6. The summed E-state index contributed by atoms with van der Waals surface area (Å²) in [5, 5.41) is 13.7. The molecule has 6 saturated carbocycles. The molecule has 6 aliphatic carbocycles. The van der Waals surface area contributed by atoms with Crippen molar-refractivity contribution < 1.29 is 160 Å². The number of carbonyl (C=O) groups excluding carboxylic acids is 7. The molecule has 126 heavy (non-hydrogen) atoms. The van der Waals surface area contributed by atoms with Gasteiger partial charge in [0.2, 0.25) is 62.4 Å². The Bertz CT molecular complexity index is 5120. The number of hydrogen-bond acceptors (Lipinski definition) is 25. The molecule has 4 aromatic rings. The molecular formula is C77H90ClF14N11O21S2. The number of ether oxygens (including phenoxy) is 8. The number of ketones is 1. The van der Waals surface area contributed by atoms with Gasteiger partial charge in [-0.2, -0.15) is 17.6 Å². The summed E-state index contributed by atoms with van der Waals surface area (Å²) in [7, 11) is -7.93. The Morgan fingerprint density at radius 3 is 1.33 bits per heavy atom. The van der Waals surface area contributed by atoms with Crippen LogP contribution in [0, 0.1) is 28.1 Å². The van der Waals surface area contributed by atoms with Crippen LogP contribution in [-0.2, 0) is 79.6 Å². The molecule has 8 fully saturated rings. The molecule has 0 unspecified atom stereocenters. The Morgan fingerprint density at radius 2 is 0.960 bits per heavy atom. The first-order chi connectivity index (χ1) is 58.0. The van der Waals surface area contributed by atoms with Crippen molar-refractivity contribution in [2.45, 2.75) is 252 Å². The van der Waals surface area contributed by atoms with Gasteiger partial charge in [0.15, 0.2) is 17.2 Å². The summed E-state index contributed by atoms with van der Waals surface area (Å²) in [6, 6.07) is -0.334. The SMILES string of the molecule is CC(C)(C)[C@@H]1NC(=O)O[C@@H]2CCC[C@H]2OC/C=C/C(F)(F)c2nc3cc(OC(F)(F)F)ccc3nc2O[C@@H]2C[C@@H](C(=O)C[C@]3(C(=O)NS(=O)(=O)C4CC4)C[C@H]3C(F)F)N(C2)C1=O.CC(C)(C)[C@@H]1NC(=O)O[C@@H]2CCC[C@H]2OC/C=C/C(F)(F)c2nc3cc(OC(F)(F)F)ccc3nc2O[C@@H]2C[C@@H](C(=O)O)N(C2)C1=O.Cl.N[C@]1(C(=O)NS(=O)(=O)C2CC2)C[C@H]1C(F)F. The van der Waals surface area contributed by atoms with Gasteiger partial charge in [0.25, 0.3) is 5.91 Å². The van der Waals surface area contributed by atoms with E-state index in [4.69, 9.17) is 34.2 Å². The summed E-state index contributed by atoms with van der Waals surface area (Å²) in [5.74, 6) is -20.3. The zero-order chi connectivity index (χ0) is 91.6. The fraction of sp³-hybridized carbons (Fsp3) is 0.636. The molecule has 6 heterocycles. The summed E-state index contributed by atoms with van der Waals surface area (Å²) < 4.78 is 289. The molecule has 2 aromatic carbocycles. The third-order valence-corrected chi connectivity index (χ3v) is 26.3. The smallest absolute Gasteiger partial charge is 0.480 e. The fourth-order valence-electron chi connectivity index (χ4n) is 15.6. The first-order valence-electron chi connectivity index (χ1n) is 39.7. The van der Waals surface area contributed by atoms with Crippen LogP contribution >= 0.6 is 12.4 Å². The number of halogens is 15. The van der Waals surface area contributed by atoms with Crippen molar-refractivity contribution in [3.05, 3.63) is 72.1 Å². The van der Waals surface area contributed by atoms with E-state index >= 15 is 17.6 Å². The number of carboxylic acids is 1. The Morgan fingerprint density at radius 1 is 0.563 bits per heavy atom. The Hall–Kier alpha value is -9.55. The minimum atomic E-state index is -5.13. The lowest BCUT2D eigenvalue weighted by Crippen LogP contribution is -2.57. The number of benzene rings is 2. The van der Waals surface area contributed by atoms with Crippen molar-refractivity contribution in [1.82, 2.24) is 49.8 Å². The van der Waals surface area contributed by atoms with E-state index in [1.165, 1.54) is 0 Å². The number of allylic oxidation sites excluding steroid dienone is 2. The van der Waals surface area contributed by atoms with Gasteiger partial charge in [-0.3, -0.25) is 33.4 Å². The van der Waals surface area contributed by atoms with E-state index in [2.05, 4.69) is 40.0 Å². The normalized spacial score (nSPS) is 29.4. The van der Waals surface area contributed by atoms with E-state index in [-0.39, 0.29) is 67.8 Å². The minimum absolute atomic E-state index is 0. The van der Waals surface area contributed by atoms with Crippen LogP contribution in [0.2, 0.25) is 0 Å². The molecule has 32 nitrogen and oxygen atoms in total. The number of sulfonamides is 2. The molecule has 0 radical (unpaired) electrons. The molecule has 10 aliphatic rings. The zero-order valence-electron chi connectivity index (χ0n) is 67.8. The molecule has 0 spiro atoms. The van der Waals surface area contributed by atoms with E-state index in [0.717, 1.165) is 58.4 Å². The quantitative estimate of drug-likeness (QED) is 0.0504. The van der Waals surface area contributed by atoms with Gasteiger partial charge < -0.3 is 69.2 Å². The third-order valence-electron chi connectivity index (χ3n) is 22.7. The Kier molecular flexibility index (Phi) is 28.1. The van der Waals surface area contributed by atoms with E-state index < -0.39 is 283 Å². The maximum absolute atomic E-state index is 16.2. The number of carboxylic acid groups (broad SMARTS) is 1. The number of alkyl carbamates (subject to hydrolysis) is 2. The molecule has 4 bridgehead atoms. The third kappa shape index (κ3) is 22.9. The van der Waals surface area contributed by atoms with Gasteiger partial charge in [0.1, 0.15) is 59.6 Å². The average Bonchev–Trinajstić information content (AvgIpc) is 1.56. The number of aliphatic carboxylic acids is 1. The molecule has 4 aliphatic heterocycles. The zero-order valence-corrected chi connectivity index (χ0v) is 70.3. The van der Waals surface area contributed by atoms with Crippen molar-refractivity contribution in [3.63, 3.8) is 0 Å². The van der Waals surface area contributed by atoms with Crippen LogP contribution < -0.4 is 44.8 Å². The van der Waals surface area contributed by atoms with Gasteiger partial charge in [0.05, 0.1) is 82.5 Å². The number of nitrogens with one attached hydrogen (secondary N) is 4. The average molecular weight is 1870 g/mol. The first kappa shape index (κ1) is 97.1. The number of rotatable bonds is 14. The molecule has 49 heteroatoms. The molecule has 7 N–H and O–H groups in total. The van der Waals surface area contributed by atoms with Crippen molar-refractivity contribution >= 4 is 102 Å². The fourth-order valence-corrected chi connectivity index (χ4v) is 18.3. The Balaban J connectivity index is 0.000000211. The molecule has 6 amide bonds. The number of nitrogens with two attached hydrogens (primary N) is 1. The first-order valence-corrected chi connectivity index (χ1v) is 42.8. The maximum atomic E-state index is 16.2. The van der Waals surface area contributed by atoms with Gasteiger partial charge in [-0.15, -0.1) is 38.7 Å². The molecule has 14 atom stereocenters. The van der Waals surface area contributed by atoms with Gasteiger partial charge >= 0.3 is 42.7 Å². The van der Waals surface area contributed by atoms with Gasteiger partial charge in [-0.25, -0.2) is 68.7 Å². The number of fused-ring (bicyclic) bond motifs is 10. The van der Waals surface area contributed by atoms with Crippen LogP contribution in [0.15, 0.2) is 60.7 Å². The van der Waals surface area contributed by atoms with Crippen molar-refractivity contribution in [2.24, 2.45) is 33.8 Å². The lowest BCUT2D eigenvalue weighted by Gasteiger charge is -2.35. The van der Waals surface area contributed by atoms with Crippen molar-refractivity contribution in [3.8, 4) is 23.3 Å². The monoisotopic (exact) mass is 1870 g/mol. The molecule has 14 rings (SSSR count). The molecule has 2 aromatic heterocycles. The lowest BCUT2D eigenvalue weighted by molar-refractivity contribution is -0.275. The van der Waals surface area contributed by atoms with Crippen LogP contribution in [0.1, 0.15) is 149 Å². The van der Waals surface area contributed by atoms with Gasteiger partial charge in [0, 0.05) is 43.2 Å². The van der Waals surface area contributed by atoms with Crippen LogP contribution in [0.3, 0.4) is 0 Å². The lowest BCUT2D eigenvalue weighted by atomic mass is 9.85. The Labute approximate surface area is 716 Å². The van der Waals surface area contributed by atoms with Gasteiger partial charge in [-0.1, -0.05) is 53.7 Å². The summed E-state index contributed by atoms with van der Waals surface area (Å²) >= 11 is 0. The molecular weight excluding hydrogens is 1780 g/mol. The van der Waals surface area contributed by atoms with Crippen LogP contribution in [0.5, 0.6) is 23.3 Å². The summed E-state index contributed by atoms with van der Waals surface area (Å²) in [4.78, 5) is 124. The van der Waals surface area contributed by atoms with E-state index in [9.17, 15) is 104 Å². The number of hydrogen-bond donors (Lipinski definition) is 6. The number of aromatic nitrogens is 4. The number of amides is 6. The highest BCUT2D eigenvalue weighted by Gasteiger charge is 2.67. The van der Waals surface area contributed by atoms with Gasteiger partial charge in [-0.05, 0) is 124 Å². The number of alkyl halides is 14. The van der Waals surface area contributed by atoms with E-state index in [1.54, 1.807) is 46.3 Å². The predicted molar refractivity (Wildman–Crippen MR) is 410 cm³/mol. The maximum Gasteiger partial charge on any atom is 0.573 e. The van der Waals surface area contributed by atoms with Crippen molar-refractivity contribution in [1.29, 1.82) is 0 Å². The summed E-state index contributed by atoms with van der Waals surface area (Å²) in [6.45, 7) is 8.14. The molecule has 696 valence electrons. The van der Waals surface area contributed by atoms with E-state index in [0.29, 0.717) is 63.5 Å². The van der Waals surface area contributed by atoms with E-state index in [1.807, 2.05) is 4.72 Å². The highest BCUT2D eigenvalue weighted by molar-refractivity contribution is 7.91. The second-order valence-corrected chi connectivity index (χ2v) is 38.3. The minimum Gasteiger partial charge on any atom is -0.480 e. The largest absolute Gasteiger partial charge is 0.573 e. The highest BCUT2D eigenvalue weighted by atomic mass is 35.5. The highest BCUT2D eigenvalue weighted by Crippen LogP contribution is 2.59. The van der Waals surface area contributed by atoms with Crippen LogP contribution in [0.25, 0.3) is 22.1 Å². The topological polar surface area (TPSA) is 431 Å². The predicted octanol–water partition coefficient (Wildman–Crippen LogP) is 10.2. The standard InChI is InChI=1S/C39H44F7N5O10S.C30H33F5N4O8.C8H12F2N2O3S.ClH/c1-36(2,3)30-33(53)51-18-20(15-25(51)26(52)17-37(16-22(37)31(40)41)34(54)50-62(56,57)21-9-10-21)59-32-29(47-24-14-19(61-39(44,45)46)8-11-23(24)48-32)38(42,43)12-5-13-58-27-6-4-7-28(27)60-35(55)49-30;1-28(2,3)23-25(40)39-14-16(13-19(39)26(41)42)45-24-22(36-18-12-15(47-30(33,34)35)8-9-17(18)37-24)29(31,32)10-5-11-44-20-6-4-7-21(20)46-27(43)38-23;9-6(10)5-3-8(5,11)7(13)12-16(14,15)4-1-2-4;/h5,8,11-12,14,20-22,25,27-28,30-31H,4,6-7,9-10,13,15-18H2,1-3H3,(H,49,55)(H,50,54);5,8-10,12,16,19-21,23H,4,6-7,11,13-14H2,1-3H3,(H,38,43)(H,41,42);4-6H,1-3,11H2,(H,12,13);1H/b12-5+;10-5+;;/t20-,22+,25+,27-,28-,30-,37-;16-,19+,20-,21-,23-;5-,8+;/m110./s1. The summed E-state index contributed by atoms with van der Waals surface area (Å²) in [6.07, 6.45) is -18.9. The number of carbonyl (C=O) groups is 8. The molecule has 2 saturated heterocycles. The second kappa shape index (κ2) is 36.5. The van der Waals surface area contributed by atoms with Crippen LogP contribution in [-0.4, -0.2) is 228 Å². The van der Waals surface area contributed by atoms with Crippen LogP contribution in [0.4, 0.5) is 71.1 Å². The number of Topliss-reactive ketones (excluding diaryl/α,β-unsaturated/α-hetero) is 1. The second-order valence-electron chi connectivity index (χ2n) is 34.4. The summed E-state index contributed by atoms with van der Waals surface area (Å²) in [5.41, 5.74) is -3.86. The van der Waals surface area contributed by atoms with Crippen molar-refractivity contribution in [2.75, 3.05) is 26.3 Å².